The second kappa shape index (κ2) is 11.2. The van der Waals surface area contributed by atoms with Gasteiger partial charge >= 0.3 is 12.1 Å². The van der Waals surface area contributed by atoms with E-state index < -0.39 is 41.1 Å². The maximum absolute atomic E-state index is 13.6. The lowest BCUT2D eigenvalue weighted by Gasteiger charge is -2.14. The van der Waals surface area contributed by atoms with Gasteiger partial charge in [0.25, 0.3) is 5.91 Å². The normalized spacial score (nSPS) is 14.8. The summed E-state index contributed by atoms with van der Waals surface area (Å²) in [5.41, 5.74) is -0.925. The number of amides is 2. The number of carbonyl (C=O) groups excluding carboxylic acids is 2. The quantitative estimate of drug-likeness (QED) is 0.169. The minimum atomic E-state index is -4.84. The van der Waals surface area contributed by atoms with Crippen LogP contribution in [0.2, 0.25) is 0 Å². The van der Waals surface area contributed by atoms with Gasteiger partial charge in [-0.3, -0.25) is 14.5 Å². The van der Waals surface area contributed by atoms with Crippen LogP contribution in [-0.2, 0) is 15.8 Å². The molecule has 2 aromatic carbocycles. The number of carbonyl (C=O) groups is 3. The molecule has 1 aliphatic rings. The second-order valence-electron chi connectivity index (χ2n) is 8.10. The highest BCUT2D eigenvalue weighted by Crippen LogP contribution is 2.37. The largest absolute Gasteiger partial charge is 0.507 e. The number of nitrogens with zero attached hydrogens (tertiary/aromatic N) is 1. The second-order valence-corrected chi connectivity index (χ2v) is 10.7. The number of phenols is 1. The van der Waals surface area contributed by atoms with Crippen molar-refractivity contribution in [3.63, 3.8) is 0 Å². The minimum Gasteiger partial charge on any atom is -0.507 e. The van der Waals surface area contributed by atoms with E-state index in [9.17, 15) is 37.1 Å². The van der Waals surface area contributed by atoms with Gasteiger partial charge in [-0.25, -0.2) is 9.18 Å². The summed E-state index contributed by atoms with van der Waals surface area (Å²) >= 11 is 7.44. The van der Waals surface area contributed by atoms with Crippen molar-refractivity contribution >= 4 is 69.2 Å². The number of anilines is 1. The highest BCUT2D eigenvalue weighted by molar-refractivity contribution is 8.26. The first-order valence-electron chi connectivity index (χ1n) is 10.9. The summed E-state index contributed by atoms with van der Waals surface area (Å²) in [6.07, 6.45) is -3.44. The summed E-state index contributed by atoms with van der Waals surface area (Å²) in [5, 5.41) is 22.8. The maximum atomic E-state index is 13.6. The Hall–Kier alpha value is -3.75. The van der Waals surface area contributed by atoms with Crippen LogP contribution < -0.4 is 5.32 Å². The van der Waals surface area contributed by atoms with E-state index in [0.717, 1.165) is 36.0 Å². The number of rotatable bonds is 7. The van der Waals surface area contributed by atoms with Gasteiger partial charge in [0, 0.05) is 29.6 Å². The van der Waals surface area contributed by atoms with Crippen LogP contribution in [0.4, 0.5) is 23.2 Å². The lowest BCUT2D eigenvalue weighted by Crippen LogP contribution is -2.31. The molecule has 4 rings (SSSR count). The van der Waals surface area contributed by atoms with Crippen molar-refractivity contribution in [1.29, 1.82) is 0 Å². The van der Waals surface area contributed by atoms with E-state index in [1.54, 1.807) is 11.4 Å². The fourth-order valence-corrected chi connectivity index (χ4v) is 5.77. The van der Waals surface area contributed by atoms with Gasteiger partial charge in [-0.05, 0) is 52.9 Å². The van der Waals surface area contributed by atoms with Crippen molar-refractivity contribution in [2.45, 2.75) is 12.6 Å². The molecule has 2 amide bonds. The molecule has 0 aliphatic carbocycles. The number of thiophene rings is 1. The standard InChI is InChI=1S/C25H16F4N2O5S3/c26-18-4-1-12(8-17(18)25(27,28)29)13-7-15(38-11-13)10-20-22(34)31(24(37)39-20)6-5-21(33)30-14-2-3-16(23(35)36)19(32)9-14/h1-4,7-11,32H,5-6H2,(H,30,33)(H,35,36). The first kappa shape index (κ1) is 28.3. The Morgan fingerprint density at radius 3 is 2.51 bits per heavy atom. The number of halogens is 4. The number of carboxylic acids is 1. The Bertz CT molecular complexity index is 1530. The Morgan fingerprint density at radius 1 is 1.10 bits per heavy atom. The zero-order valence-corrected chi connectivity index (χ0v) is 21.9. The van der Waals surface area contributed by atoms with Gasteiger partial charge in [0.05, 0.1) is 10.5 Å². The molecule has 1 fully saturated rings. The molecule has 39 heavy (non-hydrogen) atoms. The fraction of sp³-hybridized carbons (Fsp3) is 0.120. The first-order valence-corrected chi connectivity index (χ1v) is 13.0. The summed E-state index contributed by atoms with van der Waals surface area (Å²) < 4.78 is 53.0. The first-order chi connectivity index (χ1) is 18.3. The number of carboxylic acid groups (broad SMARTS) is 1. The van der Waals surface area contributed by atoms with Gasteiger partial charge < -0.3 is 15.5 Å². The molecule has 0 atom stereocenters. The summed E-state index contributed by atoms with van der Waals surface area (Å²) in [5.74, 6) is -4.15. The van der Waals surface area contributed by atoms with E-state index in [0.29, 0.717) is 10.4 Å². The van der Waals surface area contributed by atoms with Crippen molar-refractivity contribution in [2.24, 2.45) is 0 Å². The molecule has 0 saturated carbocycles. The summed E-state index contributed by atoms with van der Waals surface area (Å²) in [6.45, 7) is -0.0431. The van der Waals surface area contributed by atoms with E-state index in [1.165, 1.54) is 34.4 Å². The zero-order valence-electron chi connectivity index (χ0n) is 19.4. The van der Waals surface area contributed by atoms with Crippen LogP contribution in [0.1, 0.15) is 27.2 Å². The number of aromatic hydroxyl groups is 1. The molecule has 0 unspecified atom stereocenters. The van der Waals surface area contributed by atoms with Crippen LogP contribution in [0.25, 0.3) is 17.2 Å². The van der Waals surface area contributed by atoms with Gasteiger partial charge in [0.1, 0.15) is 21.5 Å². The van der Waals surface area contributed by atoms with Gasteiger partial charge in [-0.15, -0.1) is 11.3 Å². The number of alkyl halides is 3. The number of nitrogens with one attached hydrogen (secondary N) is 1. The van der Waals surface area contributed by atoms with Crippen LogP contribution >= 0.6 is 35.3 Å². The van der Waals surface area contributed by atoms with Crippen molar-refractivity contribution in [2.75, 3.05) is 11.9 Å². The zero-order chi connectivity index (χ0) is 28.5. The third kappa shape index (κ3) is 6.46. The molecule has 1 saturated heterocycles. The molecule has 3 N–H and O–H groups in total. The van der Waals surface area contributed by atoms with Gasteiger partial charge in [-0.1, -0.05) is 30.0 Å². The van der Waals surface area contributed by atoms with E-state index in [2.05, 4.69) is 5.32 Å². The van der Waals surface area contributed by atoms with Gasteiger partial charge in [-0.2, -0.15) is 13.2 Å². The lowest BCUT2D eigenvalue weighted by atomic mass is 10.0. The van der Waals surface area contributed by atoms with E-state index in [1.807, 2.05) is 0 Å². The maximum Gasteiger partial charge on any atom is 0.419 e. The average molecular weight is 597 g/mol. The van der Waals surface area contributed by atoms with Crippen LogP contribution in [0.5, 0.6) is 5.75 Å². The average Bonchev–Trinajstić information content (AvgIpc) is 3.41. The number of thioether (sulfide) groups is 1. The molecule has 0 spiro atoms. The van der Waals surface area contributed by atoms with E-state index >= 15 is 0 Å². The van der Waals surface area contributed by atoms with Crippen LogP contribution in [-0.4, -0.2) is 43.8 Å². The van der Waals surface area contributed by atoms with E-state index in [-0.39, 0.29) is 39.0 Å². The van der Waals surface area contributed by atoms with Crippen LogP contribution in [0.3, 0.4) is 0 Å². The predicted molar refractivity (Wildman–Crippen MR) is 143 cm³/mol. The molecular weight excluding hydrogens is 580 g/mol. The number of hydrogen-bond donors (Lipinski definition) is 3. The smallest absolute Gasteiger partial charge is 0.419 e. The lowest BCUT2D eigenvalue weighted by molar-refractivity contribution is -0.140. The Balaban J connectivity index is 1.40. The SMILES string of the molecule is O=C(CCN1C(=O)C(=Cc2cc(-c3ccc(F)c(C(F)(F)F)c3)cs2)SC1=S)Nc1ccc(C(=O)O)c(O)c1. The number of aromatic carboxylic acids is 1. The topological polar surface area (TPSA) is 107 Å². The third-order valence-corrected chi connectivity index (χ3v) is 7.70. The molecule has 1 aliphatic heterocycles. The summed E-state index contributed by atoms with van der Waals surface area (Å²) in [6, 6.07) is 7.84. The molecule has 0 radical (unpaired) electrons. The highest BCUT2D eigenvalue weighted by atomic mass is 32.2. The van der Waals surface area contributed by atoms with Crippen LogP contribution in [0, 0.1) is 5.82 Å². The van der Waals surface area contributed by atoms with Crippen molar-refractivity contribution < 1.29 is 42.2 Å². The Kier molecular flexibility index (Phi) is 8.09. The monoisotopic (exact) mass is 596 g/mol. The molecular formula is C25H16F4N2O5S3. The van der Waals surface area contributed by atoms with Crippen LogP contribution in [0.15, 0.2) is 52.7 Å². The Morgan fingerprint density at radius 2 is 1.85 bits per heavy atom. The molecule has 14 heteroatoms. The fourth-order valence-electron chi connectivity index (χ4n) is 3.55. The summed E-state index contributed by atoms with van der Waals surface area (Å²) in [7, 11) is 0. The molecule has 3 aromatic rings. The number of hydrogen-bond acceptors (Lipinski definition) is 7. The number of benzene rings is 2. The van der Waals surface area contributed by atoms with Crippen molar-refractivity contribution in [1.82, 2.24) is 4.90 Å². The number of thiocarbonyl (C=S) groups is 1. The Labute approximate surface area is 231 Å². The molecule has 202 valence electrons. The van der Waals surface area contributed by atoms with Crippen molar-refractivity contribution in [3.8, 4) is 16.9 Å². The molecule has 2 heterocycles. The molecule has 7 nitrogen and oxygen atoms in total. The third-order valence-electron chi connectivity index (χ3n) is 5.45. The minimum absolute atomic E-state index is 0.0431. The van der Waals surface area contributed by atoms with Gasteiger partial charge in [0.2, 0.25) is 5.91 Å². The van der Waals surface area contributed by atoms with Crippen molar-refractivity contribution in [3.05, 3.63) is 74.6 Å². The summed E-state index contributed by atoms with van der Waals surface area (Å²) in [4.78, 5) is 38.2. The molecule has 1 aromatic heterocycles. The van der Waals surface area contributed by atoms with Gasteiger partial charge in [0.15, 0.2) is 0 Å². The predicted octanol–water partition coefficient (Wildman–Crippen LogP) is 6.21. The highest BCUT2D eigenvalue weighted by Gasteiger charge is 2.35. The molecule has 0 bridgehead atoms. The van der Waals surface area contributed by atoms with E-state index in [4.69, 9.17) is 17.3 Å².